The zero-order chi connectivity index (χ0) is 22.8. The van der Waals surface area contributed by atoms with E-state index in [1.807, 2.05) is 0 Å². The van der Waals surface area contributed by atoms with Crippen molar-refractivity contribution in [2.24, 2.45) is 0 Å². The summed E-state index contributed by atoms with van der Waals surface area (Å²) >= 11 is 0. The molecule has 160 valence electrons. The van der Waals surface area contributed by atoms with Crippen LogP contribution in [0.4, 0.5) is 11.6 Å². The van der Waals surface area contributed by atoms with Gasteiger partial charge in [-0.05, 0) is 42.3 Å². The Bertz CT molecular complexity index is 1410. The van der Waals surface area contributed by atoms with E-state index >= 15 is 0 Å². The van der Waals surface area contributed by atoms with E-state index in [2.05, 4.69) is 5.32 Å². The normalized spacial score (nSPS) is 10.7. The van der Waals surface area contributed by atoms with Crippen LogP contribution in [0.5, 0.6) is 5.75 Å². The Hall–Kier alpha value is -4.46. The van der Waals surface area contributed by atoms with Crippen molar-refractivity contribution in [3.8, 4) is 16.9 Å². The predicted molar refractivity (Wildman–Crippen MR) is 120 cm³/mol. The number of hydrogen-bond donors (Lipinski definition) is 1. The molecule has 8 nitrogen and oxygen atoms in total. The van der Waals surface area contributed by atoms with Gasteiger partial charge in [0, 0.05) is 17.7 Å². The van der Waals surface area contributed by atoms with Gasteiger partial charge in [0.1, 0.15) is 11.3 Å². The van der Waals surface area contributed by atoms with Crippen LogP contribution >= 0.6 is 0 Å². The molecule has 4 aromatic rings. The fourth-order valence-corrected chi connectivity index (χ4v) is 3.40. The number of methoxy groups -OCH3 is 1. The third-order valence-electron chi connectivity index (χ3n) is 5.04. The number of nitro benzene ring substituents is 1. The second-order valence-corrected chi connectivity index (χ2v) is 7.08. The number of fused-ring (bicyclic) bond motifs is 1. The van der Waals surface area contributed by atoms with Crippen molar-refractivity contribution >= 4 is 28.4 Å². The largest absolute Gasteiger partial charge is 0.497 e. The quantitative estimate of drug-likeness (QED) is 0.355. The molecule has 1 amide bonds. The number of aryl methyl sites for hydroxylation is 1. The van der Waals surface area contributed by atoms with Crippen molar-refractivity contribution in [1.29, 1.82) is 0 Å². The van der Waals surface area contributed by atoms with E-state index < -0.39 is 10.8 Å². The summed E-state index contributed by atoms with van der Waals surface area (Å²) in [6.45, 7) is 1.80. The van der Waals surface area contributed by atoms with E-state index in [1.165, 1.54) is 25.3 Å². The molecule has 0 aliphatic carbocycles. The Morgan fingerprint density at radius 3 is 2.47 bits per heavy atom. The second-order valence-electron chi connectivity index (χ2n) is 7.08. The first kappa shape index (κ1) is 20.8. The zero-order valence-corrected chi connectivity index (χ0v) is 17.2. The molecular weight excluding hydrogens is 412 g/mol. The number of nitrogens with one attached hydrogen (secondary N) is 1. The number of nitrogens with zero attached hydrogens (tertiary/aromatic N) is 1. The maximum Gasteiger partial charge on any atom is 0.270 e. The molecule has 32 heavy (non-hydrogen) atoms. The number of hydrogen-bond acceptors (Lipinski definition) is 6. The van der Waals surface area contributed by atoms with Crippen molar-refractivity contribution in [1.82, 2.24) is 0 Å². The molecule has 0 spiro atoms. The van der Waals surface area contributed by atoms with Crippen LogP contribution < -0.4 is 15.5 Å². The van der Waals surface area contributed by atoms with Gasteiger partial charge in [-0.1, -0.05) is 30.3 Å². The van der Waals surface area contributed by atoms with Crippen molar-refractivity contribution in [2.75, 3.05) is 12.4 Å². The minimum atomic E-state index is -0.639. The number of carbonyl (C=O) groups is 1. The van der Waals surface area contributed by atoms with Gasteiger partial charge in [0.05, 0.1) is 23.0 Å². The molecule has 0 atom stereocenters. The number of anilines is 1. The van der Waals surface area contributed by atoms with Crippen LogP contribution in [-0.2, 0) is 0 Å². The lowest BCUT2D eigenvalue weighted by Crippen LogP contribution is -2.17. The van der Waals surface area contributed by atoms with Gasteiger partial charge >= 0.3 is 0 Å². The maximum absolute atomic E-state index is 13.4. The molecule has 0 bridgehead atoms. The molecule has 0 saturated heterocycles. The molecule has 0 aliphatic heterocycles. The maximum atomic E-state index is 13.4. The highest BCUT2D eigenvalue weighted by molar-refractivity contribution is 6.06. The van der Waals surface area contributed by atoms with Crippen LogP contribution in [0.25, 0.3) is 22.1 Å². The molecule has 8 heteroatoms. The number of nitro groups is 1. The fourth-order valence-electron chi connectivity index (χ4n) is 3.40. The van der Waals surface area contributed by atoms with Gasteiger partial charge < -0.3 is 9.15 Å². The lowest BCUT2D eigenvalue weighted by molar-refractivity contribution is -0.384. The number of carbonyl (C=O) groups excluding carboxylic acids is 1. The van der Waals surface area contributed by atoms with Crippen LogP contribution in [0.1, 0.15) is 15.9 Å². The number of amides is 1. The molecule has 4 rings (SSSR count). The molecule has 0 unspecified atom stereocenters. The number of rotatable bonds is 5. The van der Waals surface area contributed by atoms with Gasteiger partial charge in [-0.25, -0.2) is 0 Å². The number of ether oxygens (including phenoxy) is 1. The summed E-state index contributed by atoms with van der Waals surface area (Å²) in [4.78, 5) is 36.7. The van der Waals surface area contributed by atoms with Crippen molar-refractivity contribution in [2.45, 2.75) is 6.92 Å². The Kier molecular flexibility index (Phi) is 5.43. The van der Waals surface area contributed by atoms with Crippen LogP contribution in [-0.4, -0.2) is 17.9 Å². The first-order valence-corrected chi connectivity index (χ1v) is 9.65. The third-order valence-corrected chi connectivity index (χ3v) is 5.04. The molecule has 0 radical (unpaired) electrons. The molecule has 0 saturated carbocycles. The average Bonchev–Trinajstić information content (AvgIpc) is 2.80. The summed E-state index contributed by atoms with van der Waals surface area (Å²) in [7, 11) is 1.53. The first-order valence-electron chi connectivity index (χ1n) is 9.65. The topological polar surface area (TPSA) is 112 Å². The molecule has 0 aliphatic rings. The van der Waals surface area contributed by atoms with Crippen LogP contribution in [0.2, 0.25) is 0 Å². The average molecular weight is 430 g/mol. The van der Waals surface area contributed by atoms with E-state index in [-0.39, 0.29) is 28.1 Å². The molecule has 1 N–H and O–H groups in total. The lowest BCUT2D eigenvalue weighted by Gasteiger charge is -2.13. The number of benzene rings is 3. The van der Waals surface area contributed by atoms with Crippen molar-refractivity contribution < 1.29 is 18.9 Å². The van der Waals surface area contributed by atoms with Gasteiger partial charge in [-0.3, -0.25) is 25.0 Å². The minimum Gasteiger partial charge on any atom is -0.497 e. The Morgan fingerprint density at radius 1 is 1.06 bits per heavy atom. The molecule has 1 aromatic heterocycles. The first-order chi connectivity index (χ1) is 15.4. The van der Waals surface area contributed by atoms with Crippen molar-refractivity contribution in [3.63, 3.8) is 0 Å². The van der Waals surface area contributed by atoms with Gasteiger partial charge in [0.2, 0.25) is 11.3 Å². The number of non-ortho nitro benzene ring substituents is 1. The van der Waals surface area contributed by atoms with E-state index in [1.54, 1.807) is 49.4 Å². The highest BCUT2D eigenvalue weighted by atomic mass is 16.6. The summed E-state index contributed by atoms with van der Waals surface area (Å²) in [5.41, 5.74) is 1.31. The van der Waals surface area contributed by atoms with Crippen LogP contribution in [0, 0.1) is 17.0 Å². The minimum absolute atomic E-state index is 0.0431. The van der Waals surface area contributed by atoms with E-state index in [0.717, 1.165) is 11.6 Å². The summed E-state index contributed by atoms with van der Waals surface area (Å²) in [5.74, 6) is -0.0741. The smallest absolute Gasteiger partial charge is 0.270 e. The van der Waals surface area contributed by atoms with E-state index in [4.69, 9.17) is 9.15 Å². The van der Waals surface area contributed by atoms with Crippen LogP contribution in [0.3, 0.4) is 0 Å². The Balaban J connectivity index is 1.87. The number of para-hydroxylation sites is 1. The molecule has 3 aromatic carbocycles. The van der Waals surface area contributed by atoms with Gasteiger partial charge in [-0.2, -0.15) is 0 Å². The standard InChI is InChI=1S/C24H18N2O6/c1-14-5-3-8-19-21(27)20(15-9-11-18(31-2)12-10-15)24(32-22(14)19)25-23(28)16-6-4-7-17(13-16)26(29)30/h3-13H,1-2H3,(H,25,28). The summed E-state index contributed by atoms with van der Waals surface area (Å²) in [6, 6.07) is 17.3. The monoisotopic (exact) mass is 430 g/mol. The predicted octanol–water partition coefficient (Wildman–Crippen LogP) is 4.94. The summed E-state index contributed by atoms with van der Waals surface area (Å²) in [6.07, 6.45) is 0. The van der Waals surface area contributed by atoms with Gasteiger partial charge in [0.15, 0.2) is 0 Å². The molecular formula is C24H18N2O6. The molecule has 1 heterocycles. The van der Waals surface area contributed by atoms with Gasteiger partial charge in [-0.15, -0.1) is 0 Å². The zero-order valence-electron chi connectivity index (χ0n) is 17.2. The highest BCUT2D eigenvalue weighted by Gasteiger charge is 2.20. The van der Waals surface area contributed by atoms with E-state index in [0.29, 0.717) is 22.3 Å². The Morgan fingerprint density at radius 2 is 1.78 bits per heavy atom. The summed E-state index contributed by atoms with van der Waals surface area (Å²) < 4.78 is 11.2. The van der Waals surface area contributed by atoms with Crippen LogP contribution in [0.15, 0.2) is 75.9 Å². The van der Waals surface area contributed by atoms with Gasteiger partial charge in [0.25, 0.3) is 11.6 Å². The van der Waals surface area contributed by atoms with Crippen molar-refractivity contribution in [3.05, 3.63) is 98.2 Å². The highest BCUT2D eigenvalue weighted by Crippen LogP contribution is 2.31. The fraction of sp³-hybridized carbons (Fsp3) is 0.0833. The summed E-state index contributed by atoms with van der Waals surface area (Å²) in [5, 5.41) is 14.1. The lowest BCUT2D eigenvalue weighted by atomic mass is 10.0. The van der Waals surface area contributed by atoms with E-state index in [9.17, 15) is 19.7 Å². The SMILES string of the molecule is COc1ccc(-c2c(NC(=O)c3cccc([N+](=O)[O-])c3)oc3c(C)cccc3c2=O)cc1. The third kappa shape index (κ3) is 3.81. The Labute approximate surface area is 182 Å². The molecule has 0 fully saturated rings. The second kappa shape index (κ2) is 8.35.